The number of halogens is 2. The van der Waals surface area contributed by atoms with Gasteiger partial charge in [-0.1, -0.05) is 17.7 Å². The topological polar surface area (TPSA) is 55.1 Å². The zero-order chi connectivity index (χ0) is 17.1. The fourth-order valence-electron chi connectivity index (χ4n) is 2.98. The van der Waals surface area contributed by atoms with E-state index in [2.05, 4.69) is 4.98 Å². The van der Waals surface area contributed by atoms with E-state index in [1.807, 2.05) is 0 Å². The molecular weight excluding hydrogens is 351 g/mol. The molecule has 0 aliphatic heterocycles. The van der Waals surface area contributed by atoms with Gasteiger partial charge < -0.3 is 5.11 Å². The van der Waals surface area contributed by atoms with Crippen molar-refractivity contribution in [3.63, 3.8) is 0 Å². The van der Waals surface area contributed by atoms with Crippen molar-refractivity contribution in [3.8, 4) is 0 Å². The molecule has 1 aliphatic carbocycles. The third-order valence-corrected chi connectivity index (χ3v) is 5.55. The van der Waals surface area contributed by atoms with Crippen LogP contribution in [-0.2, 0) is 25.1 Å². The molecule has 3 rings (SSSR count). The number of fused-ring (bicyclic) bond motifs is 1. The Kier molecular flexibility index (Phi) is 5.58. The van der Waals surface area contributed by atoms with Crippen molar-refractivity contribution in [2.75, 3.05) is 6.61 Å². The average molecular weight is 369 g/mol. The van der Waals surface area contributed by atoms with Crippen molar-refractivity contribution in [2.24, 2.45) is 0 Å². The first-order valence-corrected chi connectivity index (χ1v) is 9.27. The lowest BCUT2D eigenvalue weighted by molar-refractivity contribution is 0.277. The van der Waals surface area contributed by atoms with Crippen LogP contribution in [0.1, 0.15) is 29.7 Å². The number of nitrogens with zero attached hydrogens (tertiary/aromatic N) is 2. The van der Waals surface area contributed by atoms with E-state index < -0.39 is 0 Å². The van der Waals surface area contributed by atoms with Crippen LogP contribution in [0.5, 0.6) is 0 Å². The fraction of sp³-hybridized carbons (Fsp3) is 0.412. The minimum absolute atomic E-state index is 0.0451. The number of aliphatic hydroxyl groups excluding tert-OH is 1. The number of aliphatic hydroxyl groups is 1. The summed E-state index contributed by atoms with van der Waals surface area (Å²) < 4.78 is 15.6. The molecule has 1 aromatic heterocycles. The highest BCUT2D eigenvalue weighted by Crippen LogP contribution is 2.33. The number of hydrogen-bond acceptors (Lipinski definition) is 4. The van der Waals surface area contributed by atoms with E-state index in [-0.39, 0.29) is 18.1 Å². The van der Waals surface area contributed by atoms with Crippen molar-refractivity contribution in [3.05, 3.63) is 56.3 Å². The molecule has 0 saturated heterocycles. The number of rotatable bonds is 6. The zero-order valence-electron chi connectivity index (χ0n) is 13.1. The van der Waals surface area contributed by atoms with E-state index in [1.54, 1.807) is 16.7 Å². The molecule has 1 aromatic carbocycles. The van der Waals surface area contributed by atoms with Crippen molar-refractivity contribution < 1.29 is 9.50 Å². The Balaban J connectivity index is 1.88. The van der Waals surface area contributed by atoms with Crippen LogP contribution >= 0.6 is 23.4 Å². The summed E-state index contributed by atoms with van der Waals surface area (Å²) >= 11 is 7.42. The second-order valence-corrected chi connectivity index (χ2v) is 7.07. The summed E-state index contributed by atoms with van der Waals surface area (Å²) in [6, 6.07) is 4.61. The van der Waals surface area contributed by atoms with Crippen LogP contribution in [-0.4, -0.2) is 21.3 Å². The predicted octanol–water partition coefficient (Wildman–Crippen LogP) is 3.20. The van der Waals surface area contributed by atoms with Crippen molar-refractivity contribution >= 4 is 23.4 Å². The average Bonchev–Trinajstić information content (AvgIpc) is 3.03. The standard InChI is InChI=1S/C17H18ClFN2O2S/c18-13-5-2-6-14(19)12(13)10-24-16-11-4-1-7-15(11)21(8-3-9-22)17(23)20-16/h2,5-6,22H,1,3-4,7-10H2. The molecule has 0 radical (unpaired) electrons. The Hall–Kier alpha value is -1.37. The molecule has 4 nitrogen and oxygen atoms in total. The monoisotopic (exact) mass is 368 g/mol. The minimum atomic E-state index is -0.345. The lowest BCUT2D eigenvalue weighted by Gasteiger charge is -2.14. The number of aromatic nitrogens is 2. The molecule has 0 saturated carbocycles. The molecule has 0 atom stereocenters. The van der Waals surface area contributed by atoms with Crippen LogP contribution in [0.3, 0.4) is 0 Å². The lowest BCUT2D eigenvalue weighted by atomic mass is 10.2. The van der Waals surface area contributed by atoms with Gasteiger partial charge in [0.15, 0.2) is 0 Å². The highest BCUT2D eigenvalue weighted by molar-refractivity contribution is 7.98. The molecule has 0 amide bonds. The maximum atomic E-state index is 13.9. The molecule has 24 heavy (non-hydrogen) atoms. The molecule has 0 fully saturated rings. The summed E-state index contributed by atoms with van der Waals surface area (Å²) in [5.41, 5.74) is 2.21. The van der Waals surface area contributed by atoms with Gasteiger partial charge in [0.25, 0.3) is 0 Å². The first kappa shape index (κ1) is 17.5. The predicted molar refractivity (Wildman–Crippen MR) is 93.2 cm³/mol. The van der Waals surface area contributed by atoms with Gasteiger partial charge in [-0.2, -0.15) is 4.98 Å². The van der Waals surface area contributed by atoms with Gasteiger partial charge in [-0.05, 0) is 37.8 Å². The quantitative estimate of drug-likeness (QED) is 0.628. The third kappa shape index (κ3) is 3.50. The van der Waals surface area contributed by atoms with Gasteiger partial charge in [0.2, 0.25) is 0 Å². The van der Waals surface area contributed by atoms with Gasteiger partial charge in [-0.15, -0.1) is 11.8 Å². The van der Waals surface area contributed by atoms with Crippen molar-refractivity contribution in [2.45, 2.75) is 43.0 Å². The first-order chi connectivity index (χ1) is 11.6. The SMILES string of the molecule is O=c1nc(SCc2c(F)cccc2Cl)c2c(n1CCCO)CCC2. The Morgan fingerprint density at radius 3 is 2.96 bits per heavy atom. The van der Waals surface area contributed by atoms with E-state index in [0.29, 0.717) is 34.3 Å². The maximum absolute atomic E-state index is 13.9. The second kappa shape index (κ2) is 7.68. The summed E-state index contributed by atoms with van der Waals surface area (Å²) in [5.74, 6) is -0.00617. The van der Waals surface area contributed by atoms with Gasteiger partial charge in [-0.3, -0.25) is 4.57 Å². The minimum Gasteiger partial charge on any atom is -0.396 e. The zero-order valence-corrected chi connectivity index (χ0v) is 14.7. The summed E-state index contributed by atoms with van der Waals surface area (Å²) in [6.07, 6.45) is 3.22. The summed E-state index contributed by atoms with van der Waals surface area (Å²) in [5, 5.41) is 10.1. The summed E-state index contributed by atoms with van der Waals surface area (Å²) in [4.78, 5) is 16.5. The molecule has 2 aromatic rings. The molecular formula is C17H18ClFN2O2S. The van der Waals surface area contributed by atoms with Crippen LogP contribution in [0.4, 0.5) is 4.39 Å². The molecule has 0 unspecified atom stereocenters. The van der Waals surface area contributed by atoms with Gasteiger partial charge in [0.05, 0.1) is 0 Å². The van der Waals surface area contributed by atoms with Crippen LogP contribution < -0.4 is 5.69 Å². The lowest BCUT2D eigenvalue weighted by Crippen LogP contribution is -2.27. The highest BCUT2D eigenvalue weighted by atomic mass is 35.5. The Morgan fingerprint density at radius 1 is 1.38 bits per heavy atom. The fourth-order valence-corrected chi connectivity index (χ4v) is 4.40. The molecule has 1 aliphatic rings. The van der Waals surface area contributed by atoms with Crippen molar-refractivity contribution in [1.82, 2.24) is 9.55 Å². The van der Waals surface area contributed by atoms with E-state index in [0.717, 1.165) is 30.5 Å². The molecule has 1 N–H and O–H groups in total. The Bertz CT molecular complexity index is 790. The number of thioether (sulfide) groups is 1. The third-order valence-electron chi connectivity index (χ3n) is 4.16. The van der Waals surface area contributed by atoms with Crippen molar-refractivity contribution in [1.29, 1.82) is 0 Å². The van der Waals surface area contributed by atoms with Gasteiger partial charge in [0.1, 0.15) is 10.8 Å². The molecule has 0 bridgehead atoms. The van der Waals surface area contributed by atoms with Crippen LogP contribution in [0.2, 0.25) is 5.02 Å². The smallest absolute Gasteiger partial charge is 0.348 e. The Morgan fingerprint density at radius 2 is 2.21 bits per heavy atom. The summed E-state index contributed by atoms with van der Waals surface area (Å²) in [7, 11) is 0. The van der Waals surface area contributed by atoms with Gasteiger partial charge in [-0.25, -0.2) is 9.18 Å². The van der Waals surface area contributed by atoms with Gasteiger partial charge >= 0.3 is 5.69 Å². The van der Waals surface area contributed by atoms with Gasteiger partial charge in [0, 0.05) is 40.7 Å². The largest absolute Gasteiger partial charge is 0.396 e. The highest BCUT2D eigenvalue weighted by Gasteiger charge is 2.22. The molecule has 0 spiro atoms. The Labute approximate surface area is 148 Å². The van der Waals surface area contributed by atoms with E-state index in [1.165, 1.54) is 17.8 Å². The molecule has 1 heterocycles. The van der Waals surface area contributed by atoms with E-state index in [9.17, 15) is 9.18 Å². The molecule has 7 heteroatoms. The second-order valence-electron chi connectivity index (χ2n) is 5.70. The van der Waals surface area contributed by atoms with Crippen LogP contribution in [0.25, 0.3) is 0 Å². The summed E-state index contributed by atoms with van der Waals surface area (Å²) in [6.45, 7) is 0.526. The first-order valence-electron chi connectivity index (χ1n) is 7.91. The number of benzene rings is 1. The van der Waals surface area contributed by atoms with Crippen LogP contribution in [0.15, 0.2) is 28.0 Å². The van der Waals surface area contributed by atoms with Crippen LogP contribution in [0, 0.1) is 5.82 Å². The maximum Gasteiger partial charge on any atom is 0.348 e. The normalized spacial score (nSPS) is 13.3. The van der Waals surface area contributed by atoms with E-state index in [4.69, 9.17) is 16.7 Å². The number of hydrogen-bond donors (Lipinski definition) is 1. The van der Waals surface area contributed by atoms with E-state index >= 15 is 0 Å². The molecule has 128 valence electrons.